The molecule has 3 rings (SSSR count). The van der Waals surface area contributed by atoms with E-state index in [1.165, 1.54) is 5.69 Å². The van der Waals surface area contributed by atoms with Crippen molar-refractivity contribution in [2.45, 2.75) is 12.5 Å². The van der Waals surface area contributed by atoms with Crippen molar-refractivity contribution in [2.75, 3.05) is 31.1 Å². The first kappa shape index (κ1) is 16.8. The maximum Gasteiger partial charge on any atom is 0.224 e. The molecule has 0 bridgehead atoms. The number of anilines is 1. The van der Waals surface area contributed by atoms with Gasteiger partial charge in [0.25, 0.3) is 0 Å². The van der Waals surface area contributed by atoms with Gasteiger partial charge in [-0.15, -0.1) is 0 Å². The summed E-state index contributed by atoms with van der Waals surface area (Å²) in [6.07, 6.45) is 0.281. The van der Waals surface area contributed by atoms with Crippen molar-refractivity contribution < 1.29 is 9.53 Å². The first-order valence-electron chi connectivity index (χ1n) is 8.14. The van der Waals surface area contributed by atoms with Crippen LogP contribution in [0.25, 0.3) is 0 Å². The number of nitrogens with one attached hydrogen (secondary N) is 1. The summed E-state index contributed by atoms with van der Waals surface area (Å²) in [4.78, 5) is 14.4. The van der Waals surface area contributed by atoms with Crippen molar-refractivity contribution in [2.24, 2.45) is 0 Å². The van der Waals surface area contributed by atoms with E-state index >= 15 is 0 Å². The molecule has 1 aliphatic heterocycles. The molecule has 0 spiro atoms. The fourth-order valence-electron chi connectivity index (χ4n) is 2.82. The van der Waals surface area contributed by atoms with E-state index < -0.39 is 0 Å². The SMILES string of the molecule is O=C(Cc1ccccc1Cl)NCC1CN(c2ccccc2)CCO1. The fraction of sp³-hybridized carbons (Fsp3) is 0.316. The second-order valence-electron chi connectivity index (χ2n) is 5.85. The highest BCUT2D eigenvalue weighted by Gasteiger charge is 2.21. The molecule has 1 atom stereocenters. The van der Waals surface area contributed by atoms with E-state index in [1.807, 2.05) is 36.4 Å². The van der Waals surface area contributed by atoms with Crippen molar-refractivity contribution >= 4 is 23.2 Å². The smallest absolute Gasteiger partial charge is 0.224 e. The van der Waals surface area contributed by atoms with Gasteiger partial charge in [-0.25, -0.2) is 0 Å². The third-order valence-electron chi connectivity index (χ3n) is 4.10. The van der Waals surface area contributed by atoms with Crippen molar-refractivity contribution in [3.05, 3.63) is 65.2 Å². The van der Waals surface area contributed by atoms with Crippen LogP contribution in [0.2, 0.25) is 5.02 Å². The molecule has 1 fully saturated rings. The highest BCUT2D eigenvalue weighted by molar-refractivity contribution is 6.31. The van der Waals surface area contributed by atoms with Crippen molar-refractivity contribution in [1.29, 1.82) is 0 Å². The first-order valence-corrected chi connectivity index (χ1v) is 8.52. The van der Waals surface area contributed by atoms with Crippen LogP contribution in [-0.4, -0.2) is 38.3 Å². The number of hydrogen-bond acceptors (Lipinski definition) is 3. The van der Waals surface area contributed by atoms with Gasteiger partial charge in [0, 0.05) is 30.3 Å². The third-order valence-corrected chi connectivity index (χ3v) is 4.46. The molecular weight excluding hydrogens is 324 g/mol. The van der Waals surface area contributed by atoms with Crippen LogP contribution in [0.4, 0.5) is 5.69 Å². The molecule has 0 aromatic heterocycles. The largest absolute Gasteiger partial charge is 0.373 e. The Morgan fingerprint density at radius 3 is 2.71 bits per heavy atom. The van der Waals surface area contributed by atoms with Gasteiger partial charge in [0.05, 0.1) is 19.1 Å². The van der Waals surface area contributed by atoms with Gasteiger partial charge in [0.1, 0.15) is 0 Å². The number of amides is 1. The fourth-order valence-corrected chi connectivity index (χ4v) is 3.02. The normalized spacial score (nSPS) is 17.5. The van der Waals surface area contributed by atoms with E-state index in [2.05, 4.69) is 22.3 Å². The molecule has 2 aromatic rings. The van der Waals surface area contributed by atoms with E-state index in [0.717, 1.165) is 18.7 Å². The molecule has 1 unspecified atom stereocenters. The van der Waals surface area contributed by atoms with Crippen LogP contribution in [0.1, 0.15) is 5.56 Å². The van der Waals surface area contributed by atoms with E-state index in [0.29, 0.717) is 18.2 Å². The zero-order valence-corrected chi connectivity index (χ0v) is 14.2. The minimum Gasteiger partial charge on any atom is -0.373 e. The Bertz CT molecular complexity index is 678. The van der Waals surface area contributed by atoms with Crippen LogP contribution in [0.15, 0.2) is 54.6 Å². The van der Waals surface area contributed by atoms with Crippen LogP contribution in [0.3, 0.4) is 0 Å². The molecule has 5 heteroatoms. The summed E-state index contributed by atoms with van der Waals surface area (Å²) >= 11 is 6.09. The minimum atomic E-state index is -0.0384. The van der Waals surface area contributed by atoms with Gasteiger partial charge in [-0.1, -0.05) is 48.0 Å². The Morgan fingerprint density at radius 2 is 1.92 bits per heavy atom. The predicted octanol–water partition coefficient (Wildman–Crippen LogP) is 2.90. The molecule has 1 aliphatic rings. The van der Waals surface area contributed by atoms with Gasteiger partial charge >= 0.3 is 0 Å². The number of carbonyl (C=O) groups is 1. The third kappa shape index (κ3) is 4.49. The van der Waals surface area contributed by atoms with Gasteiger partial charge in [0.2, 0.25) is 5.91 Å². The summed E-state index contributed by atoms with van der Waals surface area (Å²) in [6.45, 7) is 2.82. The molecule has 0 aliphatic carbocycles. The lowest BCUT2D eigenvalue weighted by Gasteiger charge is -2.34. The van der Waals surface area contributed by atoms with Gasteiger partial charge in [-0.05, 0) is 23.8 Å². The highest BCUT2D eigenvalue weighted by atomic mass is 35.5. The lowest BCUT2D eigenvalue weighted by Crippen LogP contribution is -2.47. The molecule has 0 saturated carbocycles. The molecule has 1 saturated heterocycles. The van der Waals surface area contributed by atoms with Crippen LogP contribution >= 0.6 is 11.6 Å². The lowest BCUT2D eigenvalue weighted by atomic mass is 10.1. The number of carbonyl (C=O) groups excluding carboxylic acids is 1. The Morgan fingerprint density at radius 1 is 1.17 bits per heavy atom. The maximum absolute atomic E-state index is 12.1. The van der Waals surface area contributed by atoms with Gasteiger partial charge in [-0.3, -0.25) is 4.79 Å². The number of ether oxygens (including phenoxy) is 1. The van der Waals surface area contributed by atoms with Crippen molar-refractivity contribution in [3.63, 3.8) is 0 Å². The molecule has 4 nitrogen and oxygen atoms in total. The summed E-state index contributed by atoms with van der Waals surface area (Å²) in [6, 6.07) is 17.7. The number of hydrogen-bond donors (Lipinski definition) is 1. The van der Waals surface area contributed by atoms with Crippen LogP contribution in [0.5, 0.6) is 0 Å². The average Bonchev–Trinajstić information content (AvgIpc) is 2.63. The molecule has 126 valence electrons. The second kappa shape index (κ2) is 8.18. The summed E-state index contributed by atoms with van der Waals surface area (Å²) in [5.74, 6) is -0.0384. The molecule has 1 heterocycles. The number of para-hydroxylation sites is 1. The molecular formula is C19H21ClN2O2. The summed E-state index contributed by atoms with van der Waals surface area (Å²) in [5.41, 5.74) is 2.03. The summed E-state index contributed by atoms with van der Waals surface area (Å²) < 4.78 is 5.77. The topological polar surface area (TPSA) is 41.6 Å². The minimum absolute atomic E-state index is 0.00542. The predicted molar refractivity (Wildman–Crippen MR) is 96.6 cm³/mol. The molecule has 24 heavy (non-hydrogen) atoms. The van der Waals surface area contributed by atoms with Crippen molar-refractivity contribution in [3.8, 4) is 0 Å². The number of halogens is 1. The standard InChI is InChI=1S/C19H21ClN2O2/c20-18-9-5-4-6-15(18)12-19(23)21-13-17-14-22(10-11-24-17)16-7-2-1-3-8-16/h1-9,17H,10-14H2,(H,21,23). The monoisotopic (exact) mass is 344 g/mol. The number of morpholine rings is 1. The second-order valence-corrected chi connectivity index (χ2v) is 6.25. The average molecular weight is 345 g/mol. The first-order chi connectivity index (χ1) is 11.7. The zero-order valence-electron chi connectivity index (χ0n) is 13.5. The van der Waals surface area contributed by atoms with Crippen LogP contribution < -0.4 is 10.2 Å². The summed E-state index contributed by atoms with van der Waals surface area (Å²) in [7, 11) is 0. The Balaban J connectivity index is 1.49. The van der Waals surface area contributed by atoms with Gasteiger partial charge in [-0.2, -0.15) is 0 Å². The van der Waals surface area contributed by atoms with E-state index in [9.17, 15) is 4.79 Å². The van der Waals surface area contributed by atoms with Gasteiger partial charge in [0.15, 0.2) is 0 Å². The molecule has 1 N–H and O–H groups in total. The van der Waals surface area contributed by atoms with E-state index in [4.69, 9.17) is 16.3 Å². The van der Waals surface area contributed by atoms with Crippen LogP contribution in [0, 0.1) is 0 Å². The number of benzene rings is 2. The van der Waals surface area contributed by atoms with Gasteiger partial charge < -0.3 is 15.0 Å². The Hall–Kier alpha value is -2.04. The van der Waals surface area contributed by atoms with E-state index in [1.54, 1.807) is 6.07 Å². The Kier molecular flexibility index (Phi) is 5.72. The quantitative estimate of drug-likeness (QED) is 0.906. The summed E-state index contributed by atoms with van der Waals surface area (Å²) in [5, 5.41) is 3.57. The maximum atomic E-state index is 12.1. The Labute approximate surface area is 147 Å². The number of rotatable bonds is 5. The molecule has 0 radical (unpaired) electrons. The van der Waals surface area contributed by atoms with E-state index in [-0.39, 0.29) is 18.4 Å². The molecule has 2 aromatic carbocycles. The van der Waals surface area contributed by atoms with Crippen LogP contribution in [-0.2, 0) is 16.0 Å². The lowest BCUT2D eigenvalue weighted by molar-refractivity contribution is -0.121. The zero-order chi connectivity index (χ0) is 16.8. The highest BCUT2D eigenvalue weighted by Crippen LogP contribution is 2.17. The number of nitrogens with zero attached hydrogens (tertiary/aromatic N) is 1. The molecule has 1 amide bonds. The van der Waals surface area contributed by atoms with Crippen molar-refractivity contribution in [1.82, 2.24) is 5.32 Å².